The number of rotatable bonds is 3. The molecule has 21 heavy (non-hydrogen) atoms. The Bertz CT molecular complexity index is 614. The Morgan fingerprint density at radius 2 is 2.00 bits per heavy atom. The second kappa shape index (κ2) is 4.79. The van der Waals surface area contributed by atoms with Crippen LogP contribution >= 0.6 is 0 Å². The molecular formula is C17H21NO3. The normalized spacial score (nSPS) is 24.4. The van der Waals surface area contributed by atoms with Crippen LogP contribution in [-0.4, -0.2) is 12.7 Å². The summed E-state index contributed by atoms with van der Waals surface area (Å²) in [5.41, 5.74) is 2.03. The van der Waals surface area contributed by atoms with E-state index in [0.29, 0.717) is 11.7 Å². The number of benzene rings is 1. The molecule has 112 valence electrons. The molecule has 1 N–H and O–H groups in total. The molecule has 2 aliphatic rings. The lowest BCUT2D eigenvalue weighted by Crippen LogP contribution is -2.16. The van der Waals surface area contributed by atoms with Crippen LogP contribution in [0.5, 0.6) is 11.5 Å². The number of carbonyl (C=O) groups excluding carboxylic acids is 1. The predicted octanol–water partition coefficient (Wildman–Crippen LogP) is 3.59. The lowest BCUT2D eigenvalue weighted by Gasteiger charge is -2.07. The largest absolute Gasteiger partial charge is 0.454 e. The first-order chi connectivity index (χ1) is 9.89. The SMILES string of the molecule is CC(C)=CC1C(C(=O)Nc2ccc3c(c2)OCO3)C1(C)C. The van der Waals surface area contributed by atoms with Crippen molar-refractivity contribution in [2.24, 2.45) is 17.3 Å². The Hall–Kier alpha value is -1.97. The van der Waals surface area contributed by atoms with Crippen LogP contribution in [0.1, 0.15) is 27.7 Å². The number of amides is 1. The van der Waals surface area contributed by atoms with Gasteiger partial charge >= 0.3 is 0 Å². The second-order valence-electron chi connectivity index (χ2n) is 6.63. The number of fused-ring (bicyclic) bond motifs is 1. The average Bonchev–Trinajstić information content (AvgIpc) is 2.74. The van der Waals surface area contributed by atoms with Crippen LogP contribution in [0.4, 0.5) is 5.69 Å². The summed E-state index contributed by atoms with van der Waals surface area (Å²) in [6.07, 6.45) is 2.20. The molecule has 3 rings (SSSR count). The van der Waals surface area contributed by atoms with Gasteiger partial charge in [-0.1, -0.05) is 25.5 Å². The van der Waals surface area contributed by atoms with Crippen molar-refractivity contribution < 1.29 is 14.3 Å². The van der Waals surface area contributed by atoms with E-state index < -0.39 is 0 Å². The van der Waals surface area contributed by atoms with Crippen LogP contribution in [0.2, 0.25) is 0 Å². The third-order valence-corrected chi connectivity index (χ3v) is 4.35. The summed E-state index contributed by atoms with van der Waals surface area (Å²) in [7, 11) is 0. The summed E-state index contributed by atoms with van der Waals surface area (Å²) in [5.74, 6) is 1.82. The summed E-state index contributed by atoms with van der Waals surface area (Å²) < 4.78 is 10.6. The van der Waals surface area contributed by atoms with Crippen molar-refractivity contribution in [1.82, 2.24) is 0 Å². The molecule has 0 radical (unpaired) electrons. The molecule has 0 saturated heterocycles. The first kappa shape index (κ1) is 14.0. The van der Waals surface area contributed by atoms with Gasteiger partial charge in [0, 0.05) is 11.8 Å². The fourth-order valence-electron chi connectivity index (χ4n) is 3.04. The van der Waals surface area contributed by atoms with Crippen molar-refractivity contribution in [1.29, 1.82) is 0 Å². The summed E-state index contributed by atoms with van der Waals surface area (Å²) in [4.78, 5) is 12.5. The molecular weight excluding hydrogens is 266 g/mol. The van der Waals surface area contributed by atoms with Crippen LogP contribution in [0.3, 0.4) is 0 Å². The molecule has 1 aliphatic heterocycles. The van der Waals surface area contributed by atoms with Crippen molar-refractivity contribution in [3.63, 3.8) is 0 Å². The predicted molar refractivity (Wildman–Crippen MR) is 81.4 cm³/mol. The zero-order chi connectivity index (χ0) is 15.2. The van der Waals surface area contributed by atoms with Crippen LogP contribution in [0, 0.1) is 17.3 Å². The van der Waals surface area contributed by atoms with Gasteiger partial charge in [0.05, 0.1) is 5.92 Å². The van der Waals surface area contributed by atoms with Gasteiger partial charge in [0.15, 0.2) is 11.5 Å². The first-order valence-electron chi connectivity index (χ1n) is 7.25. The third-order valence-electron chi connectivity index (χ3n) is 4.35. The van der Waals surface area contributed by atoms with Gasteiger partial charge in [0.25, 0.3) is 0 Å². The van der Waals surface area contributed by atoms with E-state index in [9.17, 15) is 4.79 Å². The summed E-state index contributed by atoms with van der Waals surface area (Å²) in [5, 5.41) is 2.99. The highest BCUT2D eigenvalue weighted by Gasteiger charge is 2.60. The highest BCUT2D eigenvalue weighted by atomic mass is 16.7. The van der Waals surface area contributed by atoms with Gasteiger partial charge in [-0.25, -0.2) is 0 Å². The van der Waals surface area contributed by atoms with Gasteiger partial charge in [-0.05, 0) is 37.3 Å². The molecule has 1 aliphatic carbocycles. The molecule has 1 aromatic rings. The quantitative estimate of drug-likeness (QED) is 0.864. The molecule has 1 aromatic carbocycles. The van der Waals surface area contributed by atoms with E-state index >= 15 is 0 Å². The fourth-order valence-corrected chi connectivity index (χ4v) is 3.04. The lowest BCUT2D eigenvalue weighted by atomic mass is 10.1. The summed E-state index contributed by atoms with van der Waals surface area (Å²) in [6.45, 7) is 8.66. The molecule has 4 heteroatoms. The van der Waals surface area contributed by atoms with Crippen LogP contribution in [0.15, 0.2) is 29.8 Å². The number of hydrogen-bond donors (Lipinski definition) is 1. The van der Waals surface area contributed by atoms with Gasteiger partial charge in [-0.15, -0.1) is 0 Å². The van der Waals surface area contributed by atoms with E-state index in [1.165, 1.54) is 5.57 Å². The van der Waals surface area contributed by atoms with E-state index in [4.69, 9.17) is 9.47 Å². The number of hydrogen-bond acceptors (Lipinski definition) is 3. The van der Waals surface area contributed by atoms with Crippen LogP contribution < -0.4 is 14.8 Å². The van der Waals surface area contributed by atoms with Crippen molar-refractivity contribution in [2.45, 2.75) is 27.7 Å². The maximum absolute atomic E-state index is 12.5. The molecule has 1 fully saturated rings. The van der Waals surface area contributed by atoms with Crippen molar-refractivity contribution in [3.05, 3.63) is 29.8 Å². The molecule has 1 saturated carbocycles. The Morgan fingerprint density at radius 3 is 2.71 bits per heavy atom. The zero-order valence-corrected chi connectivity index (χ0v) is 12.9. The number of carbonyl (C=O) groups is 1. The van der Waals surface area contributed by atoms with Crippen LogP contribution in [0.25, 0.3) is 0 Å². The minimum absolute atomic E-state index is 0.0255. The van der Waals surface area contributed by atoms with Gasteiger partial charge in [-0.2, -0.15) is 0 Å². The number of ether oxygens (including phenoxy) is 2. The second-order valence-corrected chi connectivity index (χ2v) is 6.63. The van der Waals surface area contributed by atoms with Crippen molar-refractivity contribution >= 4 is 11.6 Å². The van der Waals surface area contributed by atoms with E-state index in [1.54, 1.807) is 0 Å². The molecule has 0 spiro atoms. The van der Waals surface area contributed by atoms with Gasteiger partial charge in [-0.3, -0.25) is 4.79 Å². The minimum Gasteiger partial charge on any atom is -0.454 e. The Balaban J connectivity index is 1.71. The van der Waals surface area contributed by atoms with Gasteiger partial charge in [0.2, 0.25) is 12.7 Å². The maximum Gasteiger partial charge on any atom is 0.231 e. The standard InChI is InChI=1S/C17H21NO3/c1-10(2)7-12-15(17(12,3)4)16(19)18-11-5-6-13-14(8-11)21-9-20-13/h5-8,12,15H,9H2,1-4H3,(H,18,19). The molecule has 1 amide bonds. The first-order valence-corrected chi connectivity index (χ1v) is 7.25. The third kappa shape index (κ3) is 2.50. The van der Waals surface area contributed by atoms with Gasteiger partial charge < -0.3 is 14.8 Å². The smallest absolute Gasteiger partial charge is 0.231 e. The Kier molecular flexibility index (Phi) is 3.19. The van der Waals surface area contributed by atoms with E-state index in [1.807, 2.05) is 18.2 Å². The van der Waals surface area contributed by atoms with Crippen molar-refractivity contribution in [3.8, 4) is 11.5 Å². The van der Waals surface area contributed by atoms with E-state index in [-0.39, 0.29) is 24.0 Å². The highest BCUT2D eigenvalue weighted by molar-refractivity contribution is 5.96. The molecule has 2 unspecified atom stereocenters. The number of allylic oxidation sites excluding steroid dienone is 2. The van der Waals surface area contributed by atoms with Crippen LogP contribution in [-0.2, 0) is 4.79 Å². The van der Waals surface area contributed by atoms with Crippen molar-refractivity contribution in [2.75, 3.05) is 12.1 Å². The highest BCUT2D eigenvalue weighted by Crippen LogP contribution is 2.59. The summed E-state index contributed by atoms with van der Waals surface area (Å²) >= 11 is 0. The average molecular weight is 287 g/mol. The molecule has 0 aromatic heterocycles. The monoisotopic (exact) mass is 287 g/mol. The molecule has 1 heterocycles. The lowest BCUT2D eigenvalue weighted by molar-refractivity contribution is -0.118. The van der Waals surface area contributed by atoms with Gasteiger partial charge in [0.1, 0.15) is 0 Å². The topological polar surface area (TPSA) is 47.6 Å². The maximum atomic E-state index is 12.5. The minimum atomic E-state index is 0.0255. The molecule has 2 atom stereocenters. The Labute approximate surface area is 125 Å². The molecule has 0 bridgehead atoms. The fraction of sp³-hybridized carbons (Fsp3) is 0.471. The Morgan fingerprint density at radius 1 is 1.29 bits per heavy atom. The number of anilines is 1. The van der Waals surface area contributed by atoms with E-state index in [0.717, 1.165) is 11.4 Å². The molecule has 4 nitrogen and oxygen atoms in total. The zero-order valence-electron chi connectivity index (χ0n) is 12.9. The summed E-state index contributed by atoms with van der Waals surface area (Å²) in [6, 6.07) is 5.48. The van der Waals surface area contributed by atoms with E-state index in [2.05, 4.69) is 39.1 Å². The number of nitrogens with one attached hydrogen (secondary N) is 1.